The molecule has 1 fully saturated rings. The largest absolute Gasteiger partial charge is 0.381 e. The Morgan fingerprint density at radius 2 is 2.27 bits per heavy atom. The molecular weight excluding hydrogens is 142 g/mol. The molecule has 0 spiro atoms. The zero-order valence-electron chi connectivity index (χ0n) is 6.88. The molecule has 1 aliphatic rings. The van der Waals surface area contributed by atoms with Crippen LogP contribution in [0, 0.1) is 5.92 Å². The van der Waals surface area contributed by atoms with Gasteiger partial charge in [-0.05, 0) is 19.3 Å². The van der Waals surface area contributed by atoms with Crippen LogP contribution in [-0.2, 0) is 9.53 Å². The predicted molar refractivity (Wildman–Crippen MR) is 41.9 cm³/mol. The number of hydrogen-bond acceptors (Lipinski definition) is 2. The van der Waals surface area contributed by atoms with Crippen molar-refractivity contribution in [1.29, 1.82) is 0 Å². The SMILES string of the molecule is CO[C@H]1CCC[C@H](C(N)=O)C1. The van der Waals surface area contributed by atoms with Crippen molar-refractivity contribution in [3.05, 3.63) is 0 Å². The summed E-state index contributed by atoms with van der Waals surface area (Å²) in [7, 11) is 1.69. The van der Waals surface area contributed by atoms with Crippen LogP contribution in [0.5, 0.6) is 0 Å². The van der Waals surface area contributed by atoms with E-state index in [1.807, 2.05) is 0 Å². The monoisotopic (exact) mass is 157 g/mol. The zero-order valence-corrected chi connectivity index (χ0v) is 6.88. The molecule has 0 aromatic carbocycles. The maximum absolute atomic E-state index is 10.8. The molecule has 0 aromatic rings. The van der Waals surface area contributed by atoms with Crippen molar-refractivity contribution in [2.24, 2.45) is 11.7 Å². The number of rotatable bonds is 2. The van der Waals surface area contributed by atoms with Crippen LogP contribution >= 0.6 is 0 Å². The van der Waals surface area contributed by atoms with E-state index in [0.717, 1.165) is 25.7 Å². The molecule has 0 heterocycles. The van der Waals surface area contributed by atoms with Crippen molar-refractivity contribution in [3.8, 4) is 0 Å². The van der Waals surface area contributed by atoms with Gasteiger partial charge in [0.2, 0.25) is 5.91 Å². The molecule has 0 aliphatic heterocycles. The summed E-state index contributed by atoms with van der Waals surface area (Å²) in [4.78, 5) is 10.8. The Kier molecular flexibility index (Phi) is 2.88. The van der Waals surface area contributed by atoms with E-state index in [1.54, 1.807) is 7.11 Å². The van der Waals surface area contributed by atoms with Crippen molar-refractivity contribution in [1.82, 2.24) is 0 Å². The fourth-order valence-electron chi connectivity index (χ4n) is 1.62. The predicted octanol–water partition coefficient (Wildman–Crippen LogP) is 0.677. The molecule has 0 unspecified atom stereocenters. The number of carbonyl (C=O) groups is 1. The van der Waals surface area contributed by atoms with E-state index in [1.165, 1.54) is 0 Å². The molecular formula is C8H15NO2. The van der Waals surface area contributed by atoms with Crippen LogP contribution in [0.15, 0.2) is 0 Å². The van der Waals surface area contributed by atoms with E-state index in [9.17, 15) is 4.79 Å². The van der Waals surface area contributed by atoms with Crippen molar-refractivity contribution >= 4 is 5.91 Å². The van der Waals surface area contributed by atoms with Crippen LogP contribution in [0.2, 0.25) is 0 Å². The molecule has 1 aliphatic carbocycles. The summed E-state index contributed by atoms with van der Waals surface area (Å²) in [6.45, 7) is 0. The van der Waals surface area contributed by atoms with Crippen LogP contribution in [0.1, 0.15) is 25.7 Å². The Bertz CT molecular complexity index is 147. The molecule has 0 saturated heterocycles. The molecule has 1 saturated carbocycles. The molecule has 2 atom stereocenters. The zero-order chi connectivity index (χ0) is 8.27. The lowest BCUT2D eigenvalue weighted by molar-refractivity contribution is -0.124. The van der Waals surface area contributed by atoms with E-state index in [2.05, 4.69) is 0 Å². The van der Waals surface area contributed by atoms with Gasteiger partial charge in [-0.3, -0.25) is 4.79 Å². The topological polar surface area (TPSA) is 52.3 Å². The van der Waals surface area contributed by atoms with Gasteiger partial charge < -0.3 is 10.5 Å². The van der Waals surface area contributed by atoms with Crippen molar-refractivity contribution in [2.75, 3.05) is 7.11 Å². The standard InChI is InChI=1S/C8H15NO2/c1-11-7-4-2-3-6(5-7)8(9)10/h6-7H,2-5H2,1H3,(H2,9,10)/t6-,7-/m0/s1. The molecule has 3 nitrogen and oxygen atoms in total. The van der Waals surface area contributed by atoms with E-state index in [0.29, 0.717) is 0 Å². The number of nitrogens with two attached hydrogens (primary N) is 1. The van der Waals surface area contributed by atoms with Crippen molar-refractivity contribution < 1.29 is 9.53 Å². The molecule has 0 aromatic heterocycles. The second kappa shape index (κ2) is 3.72. The summed E-state index contributed by atoms with van der Waals surface area (Å²) >= 11 is 0. The lowest BCUT2D eigenvalue weighted by Gasteiger charge is -2.25. The van der Waals surface area contributed by atoms with Gasteiger partial charge in [-0.15, -0.1) is 0 Å². The summed E-state index contributed by atoms with van der Waals surface area (Å²) in [6.07, 6.45) is 4.13. The average molecular weight is 157 g/mol. The lowest BCUT2D eigenvalue weighted by atomic mass is 9.87. The van der Waals surface area contributed by atoms with Gasteiger partial charge in [-0.2, -0.15) is 0 Å². The first-order valence-corrected chi connectivity index (χ1v) is 4.06. The summed E-state index contributed by atoms with van der Waals surface area (Å²) in [5.74, 6) is -0.125. The molecule has 1 amide bonds. The Hall–Kier alpha value is -0.570. The first kappa shape index (κ1) is 8.53. The summed E-state index contributed by atoms with van der Waals surface area (Å²) < 4.78 is 5.16. The average Bonchev–Trinajstić information content (AvgIpc) is 2.05. The number of amides is 1. The number of carbonyl (C=O) groups excluding carboxylic acids is 1. The van der Waals surface area contributed by atoms with Gasteiger partial charge in [0.1, 0.15) is 0 Å². The fourth-order valence-corrected chi connectivity index (χ4v) is 1.62. The Morgan fingerprint density at radius 1 is 1.55 bits per heavy atom. The quantitative estimate of drug-likeness (QED) is 0.640. The number of primary amides is 1. The minimum absolute atomic E-state index is 0.0497. The molecule has 11 heavy (non-hydrogen) atoms. The number of hydrogen-bond donors (Lipinski definition) is 1. The molecule has 3 heteroatoms. The van der Waals surface area contributed by atoms with Gasteiger partial charge in [0.15, 0.2) is 0 Å². The normalized spacial score (nSPS) is 31.7. The van der Waals surface area contributed by atoms with Crippen molar-refractivity contribution in [2.45, 2.75) is 31.8 Å². The maximum atomic E-state index is 10.8. The number of methoxy groups -OCH3 is 1. The van der Waals surface area contributed by atoms with Crippen LogP contribution in [0.25, 0.3) is 0 Å². The van der Waals surface area contributed by atoms with Gasteiger partial charge >= 0.3 is 0 Å². The summed E-state index contributed by atoms with van der Waals surface area (Å²) in [5.41, 5.74) is 5.19. The Balaban J connectivity index is 2.39. The minimum atomic E-state index is -0.174. The third-order valence-electron chi connectivity index (χ3n) is 2.36. The van der Waals surface area contributed by atoms with Crippen LogP contribution in [0.4, 0.5) is 0 Å². The molecule has 1 rings (SSSR count). The van der Waals surface area contributed by atoms with Crippen LogP contribution in [-0.4, -0.2) is 19.1 Å². The highest BCUT2D eigenvalue weighted by atomic mass is 16.5. The second-order valence-electron chi connectivity index (χ2n) is 3.12. The summed E-state index contributed by atoms with van der Waals surface area (Å²) in [5, 5.41) is 0. The first-order valence-electron chi connectivity index (χ1n) is 4.06. The van der Waals surface area contributed by atoms with Gasteiger partial charge in [-0.25, -0.2) is 0 Å². The summed E-state index contributed by atoms with van der Waals surface area (Å²) in [6, 6.07) is 0. The third-order valence-corrected chi connectivity index (χ3v) is 2.36. The van der Waals surface area contributed by atoms with Crippen molar-refractivity contribution in [3.63, 3.8) is 0 Å². The molecule has 64 valence electrons. The highest BCUT2D eigenvalue weighted by molar-refractivity contribution is 5.76. The smallest absolute Gasteiger partial charge is 0.220 e. The molecule has 0 bridgehead atoms. The van der Waals surface area contributed by atoms with Gasteiger partial charge in [0.05, 0.1) is 6.10 Å². The first-order chi connectivity index (χ1) is 5.24. The highest BCUT2D eigenvalue weighted by Gasteiger charge is 2.24. The number of ether oxygens (including phenoxy) is 1. The maximum Gasteiger partial charge on any atom is 0.220 e. The Morgan fingerprint density at radius 3 is 2.82 bits per heavy atom. The fraction of sp³-hybridized carbons (Fsp3) is 0.875. The van der Waals surface area contributed by atoms with Gasteiger partial charge in [0.25, 0.3) is 0 Å². The van der Waals surface area contributed by atoms with E-state index >= 15 is 0 Å². The minimum Gasteiger partial charge on any atom is -0.381 e. The van der Waals surface area contributed by atoms with E-state index < -0.39 is 0 Å². The van der Waals surface area contributed by atoms with Gasteiger partial charge in [0, 0.05) is 13.0 Å². The molecule has 2 N–H and O–H groups in total. The van der Waals surface area contributed by atoms with E-state index in [4.69, 9.17) is 10.5 Å². The Labute approximate surface area is 66.9 Å². The molecule has 0 radical (unpaired) electrons. The second-order valence-corrected chi connectivity index (χ2v) is 3.12. The highest BCUT2D eigenvalue weighted by Crippen LogP contribution is 2.25. The van der Waals surface area contributed by atoms with Crippen LogP contribution < -0.4 is 5.73 Å². The van der Waals surface area contributed by atoms with Crippen LogP contribution in [0.3, 0.4) is 0 Å². The lowest BCUT2D eigenvalue weighted by Crippen LogP contribution is -2.31. The van der Waals surface area contributed by atoms with E-state index in [-0.39, 0.29) is 17.9 Å². The third kappa shape index (κ3) is 2.19. The van der Waals surface area contributed by atoms with Gasteiger partial charge in [-0.1, -0.05) is 6.42 Å².